The molecule has 3 aromatic rings. The maximum Gasteiger partial charge on any atom is 0.345 e. The van der Waals surface area contributed by atoms with Crippen LogP contribution in [-0.4, -0.2) is 18.6 Å². The van der Waals surface area contributed by atoms with Gasteiger partial charge in [-0.15, -0.1) is 0 Å². The van der Waals surface area contributed by atoms with Gasteiger partial charge in [0, 0.05) is 36.9 Å². The number of fused-ring (bicyclic) bond motifs is 1. The summed E-state index contributed by atoms with van der Waals surface area (Å²) in [7, 11) is 2.02. The molecule has 0 radical (unpaired) electrons. The van der Waals surface area contributed by atoms with Crippen molar-refractivity contribution >= 4 is 16.7 Å². The molecule has 1 aromatic carbocycles. The monoisotopic (exact) mass is 294 g/mol. The molecule has 0 aliphatic heterocycles. The van der Waals surface area contributed by atoms with Crippen molar-refractivity contribution in [3.05, 3.63) is 58.6 Å². The summed E-state index contributed by atoms with van der Waals surface area (Å²) in [6.07, 6.45) is 1.67. The summed E-state index contributed by atoms with van der Waals surface area (Å²) in [6.45, 7) is 5.04. The van der Waals surface area contributed by atoms with Crippen LogP contribution in [0.3, 0.4) is 0 Å². The minimum Gasteiger partial charge on any atom is -0.422 e. The number of rotatable bonds is 3. The Morgan fingerprint density at radius 3 is 2.73 bits per heavy atom. The van der Waals surface area contributed by atoms with Crippen LogP contribution in [0.2, 0.25) is 0 Å². The summed E-state index contributed by atoms with van der Waals surface area (Å²) in [5.74, 6) is 0. The number of aromatic nitrogens is 1. The fourth-order valence-electron chi connectivity index (χ4n) is 2.55. The highest BCUT2D eigenvalue weighted by Gasteiger charge is 2.11. The molecule has 0 unspecified atom stereocenters. The van der Waals surface area contributed by atoms with Gasteiger partial charge in [-0.1, -0.05) is 6.07 Å². The fourth-order valence-corrected chi connectivity index (χ4v) is 2.55. The standard InChI is InChI=1S/C18H18N2O2/c1-4-20(3)16-11-17-13(9-12(16)2)10-14(18(21)22-17)15-7-5-6-8-19-15/h5-11H,4H2,1-3H3. The molecule has 2 heterocycles. The van der Waals surface area contributed by atoms with Gasteiger partial charge in [0.05, 0.1) is 11.3 Å². The number of pyridine rings is 1. The first-order valence-corrected chi connectivity index (χ1v) is 7.31. The van der Waals surface area contributed by atoms with Crippen molar-refractivity contribution in [1.82, 2.24) is 4.98 Å². The van der Waals surface area contributed by atoms with Crippen molar-refractivity contribution in [3.8, 4) is 11.3 Å². The number of anilines is 1. The van der Waals surface area contributed by atoms with E-state index in [-0.39, 0.29) is 5.63 Å². The molecule has 112 valence electrons. The summed E-state index contributed by atoms with van der Waals surface area (Å²) in [4.78, 5) is 18.6. The van der Waals surface area contributed by atoms with E-state index in [0.29, 0.717) is 16.8 Å². The van der Waals surface area contributed by atoms with Gasteiger partial charge in [0.25, 0.3) is 0 Å². The maximum absolute atomic E-state index is 12.2. The average Bonchev–Trinajstić information content (AvgIpc) is 2.54. The van der Waals surface area contributed by atoms with Crippen LogP contribution in [0.1, 0.15) is 12.5 Å². The zero-order chi connectivity index (χ0) is 15.7. The lowest BCUT2D eigenvalue weighted by atomic mass is 10.1. The highest BCUT2D eigenvalue weighted by Crippen LogP contribution is 2.27. The van der Waals surface area contributed by atoms with Crippen molar-refractivity contribution in [1.29, 1.82) is 0 Å². The van der Waals surface area contributed by atoms with Crippen molar-refractivity contribution in [2.45, 2.75) is 13.8 Å². The Bertz CT molecular complexity index is 869. The Morgan fingerprint density at radius 2 is 2.05 bits per heavy atom. The van der Waals surface area contributed by atoms with Crippen molar-refractivity contribution < 1.29 is 4.42 Å². The largest absolute Gasteiger partial charge is 0.422 e. The summed E-state index contributed by atoms with van der Waals surface area (Å²) in [5.41, 5.74) is 3.58. The van der Waals surface area contributed by atoms with E-state index in [0.717, 1.165) is 23.2 Å². The summed E-state index contributed by atoms with van der Waals surface area (Å²) in [5, 5.41) is 0.908. The van der Waals surface area contributed by atoms with Gasteiger partial charge in [-0.25, -0.2) is 4.79 Å². The molecule has 0 saturated carbocycles. The van der Waals surface area contributed by atoms with Gasteiger partial charge in [-0.05, 0) is 43.7 Å². The first-order chi connectivity index (χ1) is 10.6. The van der Waals surface area contributed by atoms with Gasteiger partial charge in [0.2, 0.25) is 0 Å². The first-order valence-electron chi connectivity index (χ1n) is 7.31. The number of nitrogens with zero attached hydrogens (tertiary/aromatic N) is 2. The zero-order valence-electron chi connectivity index (χ0n) is 13.0. The number of aryl methyl sites for hydroxylation is 1. The van der Waals surface area contributed by atoms with Crippen molar-refractivity contribution in [2.75, 3.05) is 18.5 Å². The minimum absolute atomic E-state index is 0.361. The van der Waals surface area contributed by atoms with Crippen molar-refractivity contribution in [3.63, 3.8) is 0 Å². The number of benzene rings is 1. The van der Waals surface area contributed by atoms with Crippen LogP contribution in [0.4, 0.5) is 5.69 Å². The highest BCUT2D eigenvalue weighted by atomic mass is 16.4. The maximum atomic E-state index is 12.2. The summed E-state index contributed by atoms with van der Waals surface area (Å²) >= 11 is 0. The van der Waals surface area contributed by atoms with Crippen molar-refractivity contribution in [2.24, 2.45) is 0 Å². The Hall–Kier alpha value is -2.62. The summed E-state index contributed by atoms with van der Waals surface area (Å²) in [6, 6.07) is 11.3. The number of hydrogen-bond donors (Lipinski definition) is 0. The molecule has 0 amide bonds. The predicted molar refractivity (Wildman–Crippen MR) is 89.4 cm³/mol. The van der Waals surface area contributed by atoms with E-state index in [4.69, 9.17) is 4.42 Å². The molecule has 0 fully saturated rings. The predicted octanol–water partition coefficient (Wildman–Crippen LogP) is 3.62. The third-order valence-corrected chi connectivity index (χ3v) is 3.88. The van der Waals surface area contributed by atoms with Gasteiger partial charge in [-0.3, -0.25) is 4.98 Å². The molecular formula is C18H18N2O2. The molecule has 2 aromatic heterocycles. The lowest BCUT2D eigenvalue weighted by Crippen LogP contribution is -2.17. The molecule has 0 N–H and O–H groups in total. The molecule has 4 heteroatoms. The Balaban J connectivity index is 2.21. The van der Waals surface area contributed by atoms with Crippen LogP contribution >= 0.6 is 0 Å². The van der Waals surface area contributed by atoms with Gasteiger partial charge in [-0.2, -0.15) is 0 Å². The van der Waals surface area contributed by atoms with Crippen LogP contribution < -0.4 is 10.5 Å². The zero-order valence-corrected chi connectivity index (χ0v) is 13.0. The van der Waals surface area contributed by atoms with E-state index >= 15 is 0 Å². The molecule has 0 atom stereocenters. The van der Waals surface area contributed by atoms with Crippen LogP contribution in [0.15, 0.2) is 51.8 Å². The van der Waals surface area contributed by atoms with Gasteiger partial charge in [0.1, 0.15) is 5.58 Å². The molecule has 0 saturated heterocycles. The topological polar surface area (TPSA) is 46.3 Å². The molecule has 4 nitrogen and oxygen atoms in total. The van der Waals surface area contributed by atoms with E-state index in [1.54, 1.807) is 6.20 Å². The van der Waals surface area contributed by atoms with E-state index in [2.05, 4.69) is 23.7 Å². The lowest BCUT2D eigenvalue weighted by molar-refractivity contribution is 0.563. The van der Waals surface area contributed by atoms with Crippen LogP contribution in [0, 0.1) is 6.92 Å². The highest BCUT2D eigenvalue weighted by molar-refractivity contribution is 5.85. The van der Waals surface area contributed by atoms with Crippen LogP contribution in [-0.2, 0) is 0 Å². The van der Waals surface area contributed by atoms with Gasteiger partial charge in [0.15, 0.2) is 0 Å². The molecule has 0 spiro atoms. The third-order valence-electron chi connectivity index (χ3n) is 3.88. The Morgan fingerprint density at radius 1 is 1.23 bits per heavy atom. The second kappa shape index (κ2) is 5.64. The lowest BCUT2D eigenvalue weighted by Gasteiger charge is -2.19. The normalized spacial score (nSPS) is 10.9. The Kier molecular flexibility index (Phi) is 3.67. The summed E-state index contributed by atoms with van der Waals surface area (Å²) < 4.78 is 5.52. The second-order valence-electron chi connectivity index (χ2n) is 5.35. The van der Waals surface area contributed by atoms with Crippen LogP contribution in [0.5, 0.6) is 0 Å². The van der Waals surface area contributed by atoms with E-state index in [1.807, 2.05) is 43.4 Å². The molecule has 0 aliphatic carbocycles. The third kappa shape index (κ3) is 2.48. The molecular weight excluding hydrogens is 276 g/mol. The quantitative estimate of drug-likeness (QED) is 0.692. The van der Waals surface area contributed by atoms with E-state index in [1.165, 1.54) is 0 Å². The SMILES string of the molecule is CCN(C)c1cc2oc(=O)c(-c3ccccn3)cc2cc1C. The second-order valence-corrected chi connectivity index (χ2v) is 5.35. The average molecular weight is 294 g/mol. The van der Waals surface area contributed by atoms with Gasteiger partial charge < -0.3 is 9.32 Å². The fraction of sp³-hybridized carbons (Fsp3) is 0.222. The molecule has 0 bridgehead atoms. The van der Waals surface area contributed by atoms with Crippen LogP contribution in [0.25, 0.3) is 22.2 Å². The van der Waals surface area contributed by atoms with E-state index in [9.17, 15) is 4.79 Å². The minimum atomic E-state index is -0.361. The molecule has 3 rings (SSSR count). The smallest absolute Gasteiger partial charge is 0.345 e. The Labute approximate surface area is 129 Å². The first kappa shape index (κ1) is 14.3. The molecule has 22 heavy (non-hydrogen) atoms. The van der Waals surface area contributed by atoms with E-state index < -0.39 is 0 Å². The van der Waals surface area contributed by atoms with Gasteiger partial charge >= 0.3 is 5.63 Å². The molecule has 0 aliphatic rings. The number of hydrogen-bond acceptors (Lipinski definition) is 4.